The SMILES string of the molecule is COc1ccc(C(=O)P(=O)(CC(C)c2ccccc2)CC(C)c2ccccc2)c(OC)c1. The molecule has 3 rings (SSSR count). The lowest BCUT2D eigenvalue weighted by Gasteiger charge is -2.25. The molecule has 2 atom stereocenters. The van der Waals surface area contributed by atoms with Crippen molar-refractivity contribution in [2.45, 2.75) is 25.7 Å². The van der Waals surface area contributed by atoms with E-state index < -0.39 is 7.14 Å². The quantitative estimate of drug-likeness (QED) is 0.318. The molecule has 0 aliphatic heterocycles. The van der Waals surface area contributed by atoms with Crippen LogP contribution in [0, 0.1) is 0 Å². The maximum atomic E-state index is 14.5. The van der Waals surface area contributed by atoms with Crippen molar-refractivity contribution in [2.75, 3.05) is 26.5 Å². The van der Waals surface area contributed by atoms with Crippen LogP contribution in [0.4, 0.5) is 0 Å². The Hall–Kier alpha value is -2.84. The van der Waals surface area contributed by atoms with E-state index in [1.165, 1.54) is 7.11 Å². The van der Waals surface area contributed by atoms with Crippen molar-refractivity contribution in [3.8, 4) is 11.5 Å². The van der Waals surface area contributed by atoms with E-state index in [0.29, 0.717) is 29.4 Å². The Labute approximate surface area is 191 Å². The van der Waals surface area contributed by atoms with Gasteiger partial charge in [-0.15, -0.1) is 0 Å². The molecule has 0 heterocycles. The van der Waals surface area contributed by atoms with E-state index in [9.17, 15) is 9.36 Å². The van der Waals surface area contributed by atoms with Gasteiger partial charge in [0.05, 0.1) is 19.8 Å². The molecule has 0 amide bonds. The fourth-order valence-corrected chi connectivity index (χ4v) is 7.39. The summed E-state index contributed by atoms with van der Waals surface area (Å²) in [6.45, 7) is 4.07. The lowest BCUT2D eigenvalue weighted by atomic mass is 10.0. The van der Waals surface area contributed by atoms with Crippen LogP contribution in [0.1, 0.15) is 47.2 Å². The van der Waals surface area contributed by atoms with Gasteiger partial charge in [0.1, 0.15) is 11.5 Å². The summed E-state index contributed by atoms with van der Waals surface area (Å²) in [7, 11) is -0.230. The summed E-state index contributed by atoms with van der Waals surface area (Å²) in [5, 5.41) is 0. The molecule has 32 heavy (non-hydrogen) atoms. The number of methoxy groups -OCH3 is 2. The third-order valence-corrected chi connectivity index (χ3v) is 9.14. The molecular formula is C27H31O4P. The summed E-state index contributed by atoms with van der Waals surface area (Å²) in [5.41, 5.74) is 2.17. The smallest absolute Gasteiger partial charge is 0.225 e. The number of benzene rings is 3. The van der Waals surface area contributed by atoms with Gasteiger partial charge in [0, 0.05) is 18.4 Å². The molecule has 0 aliphatic carbocycles. The topological polar surface area (TPSA) is 52.6 Å². The van der Waals surface area contributed by atoms with Gasteiger partial charge in [0.15, 0.2) is 7.14 Å². The molecule has 0 aliphatic rings. The van der Waals surface area contributed by atoms with Crippen molar-refractivity contribution in [1.29, 1.82) is 0 Å². The lowest BCUT2D eigenvalue weighted by molar-refractivity contribution is 0.107. The van der Waals surface area contributed by atoms with Crippen LogP contribution >= 0.6 is 7.14 Å². The highest BCUT2D eigenvalue weighted by Crippen LogP contribution is 2.55. The second-order valence-electron chi connectivity index (χ2n) is 8.25. The van der Waals surface area contributed by atoms with Crippen LogP contribution in [0.15, 0.2) is 78.9 Å². The Balaban J connectivity index is 1.99. The largest absolute Gasteiger partial charge is 0.497 e. The summed E-state index contributed by atoms with van der Waals surface area (Å²) >= 11 is 0. The monoisotopic (exact) mass is 450 g/mol. The second kappa shape index (κ2) is 10.7. The Bertz CT molecular complexity index is 1030. The maximum absolute atomic E-state index is 14.5. The van der Waals surface area contributed by atoms with E-state index in [0.717, 1.165) is 11.1 Å². The van der Waals surface area contributed by atoms with E-state index in [1.807, 2.05) is 74.5 Å². The van der Waals surface area contributed by atoms with Gasteiger partial charge in [-0.1, -0.05) is 74.5 Å². The minimum Gasteiger partial charge on any atom is -0.497 e. The molecule has 0 radical (unpaired) electrons. The molecule has 168 valence electrons. The molecule has 0 fully saturated rings. The molecule has 2 unspecified atom stereocenters. The summed E-state index contributed by atoms with van der Waals surface area (Å²) in [4.78, 5) is 13.8. The molecule has 0 saturated carbocycles. The van der Waals surface area contributed by atoms with Gasteiger partial charge >= 0.3 is 0 Å². The zero-order valence-electron chi connectivity index (χ0n) is 19.2. The van der Waals surface area contributed by atoms with Gasteiger partial charge in [0.25, 0.3) is 0 Å². The maximum Gasteiger partial charge on any atom is 0.225 e. The number of carbonyl (C=O) groups excluding carboxylic acids is 1. The number of rotatable bonds is 10. The molecule has 3 aromatic rings. The van der Waals surface area contributed by atoms with Crippen molar-refractivity contribution in [3.05, 3.63) is 95.6 Å². The molecule has 0 N–H and O–H groups in total. The predicted molar refractivity (Wildman–Crippen MR) is 131 cm³/mol. The molecule has 0 bridgehead atoms. The third-order valence-electron chi connectivity index (χ3n) is 5.88. The lowest BCUT2D eigenvalue weighted by Crippen LogP contribution is -2.16. The van der Waals surface area contributed by atoms with E-state index >= 15 is 0 Å². The first-order chi connectivity index (χ1) is 15.4. The summed E-state index contributed by atoms with van der Waals surface area (Å²) < 4.78 is 25.2. The van der Waals surface area contributed by atoms with Gasteiger partial charge < -0.3 is 14.0 Å². The second-order valence-corrected chi connectivity index (χ2v) is 11.2. The zero-order chi connectivity index (χ0) is 23.1. The highest BCUT2D eigenvalue weighted by molar-refractivity contribution is 7.81. The van der Waals surface area contributed by atoms with E-state index in [-0.39, 0.29) is 17.4 Å². The van der Waals surface area contributed by atoms with Crippen molar-refractivity contribution in [2.24, 2.45) is 0 Å². The van der Waals surface area contributed by atoms with Crippen molar-refractivity contribution in [1.82, 2.24) is 0 Å². The van der Waals surface area contributed by atoms with Crippen LogP contribution in [0.2, 0.25) is 0 Å². The Kier molecular flexibility index (Phi) is 7.93. The minimum atomic E-state index is -3.30. The first-order valence-electron chi connectivity index (χ1n) is 10.8. The van der Waals surface area contributed by atoms with Crippen molar-refractivity contribution < 1.29 is 18.8 Å². The molecule has 0 saturated heterocycles. The Morgan fingerprint density at radius 2 is 1.28 bits per heavy atom. The average Bonchev–Trinajstić information content (AvgIpc) is 2.84. The van der Waals surface area contributed by atoms with Crippen LogP contribution in [0.5, 0.6) is 11.5 Å². The molecule has 0 spiro atoms. The van der Waals surface area contributed by atoms with Crippen LogP contribution in [0.3, 0.4) is 0 Å². The third kappa shape index (κ3) is 5.49. The summed E-state index contributed by atoms with van der Waals surface area (Å²) in [6.07, 6.45) is 0.615. The predicted octanol–water partition coefficient (Wildman–Crippen LogP) is 6.81. The fourth-order valence-electron chi connectivity index (χ4n) is 4.09. The van der Waals surface area contributed by atoms with Gasteiger partial charge in [-0.05, 0) is 35.1 Å². The molecule has 0 aromatic heterocycles. The van der Waals surface area contributed by atoms with Gasteiger partial charge in [-0.2, -0.15) is 0 Å². The standard InChI is InChI=1S/C27H31O4P/c1-20(22-11-7-5-8-12-22)18-32(29,19-21(2)23-13-9-6-10-14-23)27(28)25-16-15-24(30-3)17-26(25)31-4/h5-17,20-21H,18-19H2,1-4H3. The van der Waals surface area contributed by atoms with Crippen molar-refractivity contribution >= 4 is 12.7 Å². The minimum absolute atomic E-state index is 0.0156. The number of ether oxygens (including phenoxy) is 2. The number of hydrogen-bond acceptors (Lipinski definition) is 4. The van der Waals surface area contributed by atoms with Crippen LogP contribution in [0.25, 0.3) is 0 Å². The highest BCUT2D eigenvalue weighted by atomic mass is 31.2. The molecule has 5 heteroatoms. The Morgan fingerprint density at radius 3 is 1.72 bits per heavy atom. The molecule has 4 nitrogen and oxygen atoms in total. The van der Waals surface area contributed by atoms with Gasteiger partial charge in [0.2, 0.25) is 5.52 Å². The summed E-state index contributed by atoms with van der Waals surface area (Å²) in [5.74, 6) is 0.939. The van der Waals surface area contributed by atoms with Crippen molar-refractivity contribution in [3.63, 3.8) is 0 Å². The molecular weight excluding hydrogens is 419 g/mol. The Morgan fingerprint density at radius 1 is 0.781 bits per heavy atom. The van der Waals surface area contributed by atoms with Crippen LogP contribution < -0.4 is 9.47 Å². The zero-order valence-corrected chi connectivity index (χ0v) is 20.0. The van der Waals surface area contributed by atoms with Gasteiger partial charge in [-0.3, -0.25) is 4.79 Å². The number of carbonyl (C=O) groups is 1. The fraction of sp³-hybridized carbons (Fsp3) is 0.296. The van der Waals surface area contributed by atoms with E-state index in [1.54, 1.807) is 25.3 Å². The number of hydrogen-bond donors (Lipinski definition) is 0. The van der Waals surface area contributed by atoms with Gasteiger partial charge in [-0.25, -0.2) is 0 Å². The first kappa shape index (κ1) is 23.8. The average molecular weight is 451 g/mol. The van der Waals surface area contributed by atoms with Crippen LogP contribution in [-0.4, -0.2) is 32.1 Å². The summed E-state index contributed by atoms with van der Waals surface area (Å²) in [6, 6.07) is 24.9. The van der Waals surface area contributed by atoms with Crippen LogP contribution in [-0.2, 0) is 4.57 Å². The molecule has 3 aromatic carbocycles. The van der Waals surface area contributed by atoms with E-state index in [2.05, 4.69) is 0 Å². The van der Waals surface area contributed by atoms with E-state index in [4.69, 9.17) is 9.47 Å². The first-order valence-corrected chi connectivity index (χ1v) is 12.9. The normalized spacial score (nSPS) is 14.8. The highest BCUT2D eigenvalue weighted by Gasteiger charge is 2.37.